The summed E-state index contributed by atoms with van der Waals surface area (Å²) in [7, 11) is 4.60. The van der Waals surface area contributed by atoms with Crippen LogP contribution in [0.1, 0.15) is 52.9 Å². The average molecular weight is 658 g/mol. The highest BCUT2D eigenvalue weighted by molar-refractivity contribution is 6.24. The molecule has 3 aliphatic rings. The molecule has 0 unspecified atom stereocenters. The van der Waals surface area contributed by atoms with E-state index < -0.39 is 104 Å². The van der Waals surface area contributed by atoms with Crippen molar-refractivity contribution < 1.29 is 48.0 Å². The zero-order valence-corrected chi connectivity index (χ0v) is 26.6. The van der Waals surface area contributed by atoms with Gasteiger partial charge in [-0.15, -0.1) is 0 Å². The molecule has 0 fully saturated rings. The van der Waals surface area contributed by atoms with Crippen molar-refractivity contribution in [1.29, 1.82) is 0 Å². The molecule has 2 aromatic carbocycles. The number of allylic oxidation sites excluding steroid dienone is 1. The second-order valence-corrected chi connectivity index (χ2v) is 13.7. The van der Waals surface area contributed by atoms with Gasteiger partial charge in [-0.1, -0.05) is 44.2 Å². The molecule has 2 aromatic rings. The highest BCUT2D eigenvalue weighted by atomic mass is 19.4. The number of Topliss-reactive ketones (excluding diaryl/α,β-unsaturated/α-hetero) is 2. The predicted molar refractivity (Wildman–Crippen MR) is 164 cm³/mol. The fraction of sp³-hybridized carbons (Fsp3) is 0.441. The van der Waals surface area contributed by atoms with Gasteiger partial charge in [0.1, 0.15) is 22.8 Å². The summed E-state index contributed by atoms with van der Waals surface area (Å²) in [5.41, 5.74) is -0.970. The van der Waals surface area contributed by atoms with E-state index in [1.54, 1.807) is 11.9 Å². The third-order valence-electron chi connectivity index (χ3n) is 9.75. The summed E-state index contributed by atoms with van der Waals surface area (Å²) >= 11 is 0. The summed E-state index contributed by atoms with van der Waals surface area (Å²) in [5.74, 6) is -9.11. The summed E-state index contributed by atoms with van der Waals surface area (Å²) < 4.78 is 44.8. The molecule has 0 aromatic heterocycles. The number of carbonyl (C=O) groups is 3. The number of carbonyl (C=O) groups excluding carboxylic acids is 3. The van der Waals surface area contributed by atoms with Gasteiger partial charge in [-0.3, -0.25) is 19.3 Å². The summed E-state index contributed by atoms with van der Waals surface area (Å²) in [6, 6.07) is 9.12. The lowest BCUT2D eigenvalue weighted by molar-refractivity contribution is -0.148. The molecule has 5 rings (SSSR count). The van der Waals surface area contributed by atoms with E-state index in [1.807, 2.05) is 44.2 Å². The SMILES string of the molecule is CN(Cc1cc(O)c2c(c1C(F)(F)F)C[C@H]1C[C@H]3[C@H](N(C)C)C(O)=C(C(N)=O)C(=O)[C@@]3(O)C(O)=C1C2=O)CC(C)(C)c1ccccc1. The van der Waals surface area contributed by atoms with E-state index in [0.29, 0.717) is 6.54 Å². The van der Waals surface area contributed by atoms with Gasteiger partial charge in [0.2, 0.25) is 5.78 Å². The number of halogens is 3. The van der Waals surface area contributed by atoms with Crippen molar-refractivity contribution in [2.24, 2.45) is 17.6 Å². The number of phenolic OH excluding ortho intramolecular Hbond substituents is 1. The van der Waals surface area contributed by atoms with Crippen LogP contribution in [0, 0.1) is 11.8 Å². The number of rotatable bonds is 7. The normalized spacial score (nSPS) is 24.9. The minimum Gasteiger partial charge on any atom is -0.510 e. The molecule has 0 spiro atoms. The molecule has 13 heteroatoms. The molecule has 6 N–H and O–H groups in total. The predicted octanol–water partition coefficient (Wildman–Crippen LogP) is 3.55. The van der Waals surface area contributed by atoms with Crippen LogP contribution < -0.4 is 5.73 Å². The number of aromatic hydroxyl groups is 1. The molecule has 1 amide bonds. The van der Waals surface area contributed by atoms with Crippen LogP contribution in [-0.2, 0) is 34.1 Å². The molecule has 0 bridgehead atoms. The van der Waals surface area contributed by atoms with Crippen LogP contribution in [0.4, 0.5) is 13.2 Å². The summed E-state index contributed by atoms with van der Waals surface area (Å²) in [6.45, 7) is 4.08. The van der Waals surface area contributed by atoms with Crippen molar-refractivity contribution in [1.82, 2.24) is 9.80 Å². The summed E-state index contributed by atoms with van der Waals surface area (Å²) in [4.78, 5) is 42.6. The van der Waals surface area contributed by atoms with E-state index in [9.17, 15) is 48.0 Å². The van der Waals surface area contributed by atoms with Gasteiger partial charge in [0.15, 0.2) is 11.4 Å². The Hall–Kier alpha value is -4.20. The minimum atomic E-state index is -4.94. The number of benzene rings is 2. The van der Waals surface area contributed by atoms with Gasteiger partial charge >= 0.3 is 6.18 Å². The van der Waals surface area contributed by atoms with Crippen molar-refractivity contribution >= 4 is 17.5 Å². The van der Waals surface area contributed by atoms with E-state index >= 15 is 0 Å². The van der Waals surface area contributed by atoms with E-state index in [2.05, 4.69) is 0 Å². The third-order valence-corrected chi connectivity index (χ3v) is 9.75. The Balaban J connectivity index is 1.62. The Morgan fingerprint density at radius 3 is 2.23 bits per heavy atom. The van der Waals surface area contributed by atoms with Gasteiger partial charge in [-0.25, -0.2) is 0 Å². The van der Waals surface area contributed by atoms with Gasteiger partial charge in [0.05, 0.1) is 17.2 Å². The number of amides is 1. The van der Waals surface area contributed by atoms with Crippen molar-refractivity contribution in [3.63, 3.8) is 0 Å². The molecule has 0 saturated carbocycles. The van der Waals surface area contributed by atoms with Gasteiger partial charge in [0, 0.05) is 30.0 Å². The molecular formula is C34H38F3N3O7. The largest absolute Gasteiger partial charge is 0.510 e. The maximum atomic E-state index is 14.9. The van der Waals surface area contributed by atoms with E-state index in [1.165, 1.54) is 19.0 Å². The number of fused-ring (bicyclic) bond motifs is 3. The van der Waals surface area contributed by atoms with E-state index in [4.69, 9.17) is 5.73 Å². The number of primary amides is 1. The first-order valence-corrected chi connectivity index (χ1v) is 15.1. The zero-order valence-electron chi connectivity index (χ0n) is 26.6. The van der Waals surface area contributed by atoms with Crippen molar-refractivity contribution in [3.8, 4) is 5.75 Å². The van der Waals surface area contributed by atoms with Gasteiger partial charge in [-0.05, 0) is 62.7 Å². The standard InChI is InChI=1S/C34H38F3N3O7/c1-32(2,18-9-7-6-8-10-18)15-40(5)14-17-13-21(41)23-19(25(17)34(35,36)37)11-16-12-20-26(39(3)4)28(43)24(31(38)46)30(45)33(20,47)29(44)22(16)27(23)42/h6-10,13,16,20,26,41,43-44,47H,11-12,14-15H2,1-5H3,(H2,38,46)/t16-,20-,26-,33-/m0/s1. The Morgan fingerprint density at radius 2 is 1.68 bits per heavy atom. The lowest BCUT2D eigenvalue weighted by Gasteiger charge is -2.50. The lowest BCUT2D eigenvalue weighted by atomic mass is 9.58. The Morgan fingerprint density at radius 1 is 1.06 bits per heavy atom. The molecule has 0 aliphatic heterocycles. The Bertz CT molecular complexity index is 1730. The first-order chi connectivity index (χ1) is 21.7. The lowest BCUT2D eigenvalue weighted by Crippen LogP contribution is -2.63. The Labute approximate surface area is 269 Å². The molecule has 47 heavy (non-hydrogen) atoms. The number of phenols is 1. The second-order valence-electron chi connectivity index (χ2n) is 13.7. The molecule has 0 heterocycles. The first-order valence-electron chi connectivity index (χ1n) is 15.1. The van der Waals surface area contributed by atoms with Crippen LogP contribution in [-0.4, -0.2) is 87.0 Å². The molecular weight excluding hydrogens is 619 g/mol. The number of alkyl halides is 3. The maximum absolute atomic E-state index is 14.9. The van der Waals surface area contributed by atoms with Gasteiger partial charge in [-0.2, -0.15) is 13.2 Å². The molecule has 0 saturated heterocycles. The van der Waals surface area contributed by atoms with Crippen LogP contribution in [0.5, 0.6) is 5.75 Å². The second kappa shape index (κ2) is 11.5. The highest BCUT2D eigenvalue weighted by Gasteiger charge is 2.63. The maximum Gasteiger partial charge on any atom is 0.417 e. The topological polar surface area (TPSA) is 165 Å². The van der Waals surface area contributed by atoms with Crippen molar-refractivity contribution in [3.05, 3.63) is 86.9 Å². The number of nitrogens with two attached hydrogens (primary N) is 1. The van der Waals surface area contributed by atoms with E-state index in [0.717, 1.165) is 11.6 Å². The van der Waals surface area contributed by atoms with Crippen LogP contribution in [0.3, 0.4) is 0 Å². The number of hydrogen-bond acceptors (Lipinski definition) is 9. The van der Waals surface area contributed by atoms with Crippen molar-refractivity contribution in [2.75, 3.05) is 27.7 Å². The van der Waals surface area contributed by atoms with Crippen LogP contribution in [0.2, 0.25) is 0 Å². The highest BCUT2D eigenvalue weighted by Crippen LogP contribution is 2.54. The molecule has 3 aliphatic carbocycles. The first kappa shape index (κ1) is 34.1. The number of hydrogen-bond donors (Lipinski definition) is 5. The number of ketones is 2. The number of likely N-dealkylation sites (N-methyl/N-ethyl adjacent to an activating group) is 2. The number of nitrogens with zero attached hydrogens (tertiary/aromatic N) is 2. The summed E-state index contributed by atoms with van der Waals surface area (Å²) in [6.07, 6.45) is -5.73. The van der Waals surface area contributed by atoms with Crippen LogP contribution in [0.25, 0.3) is 0 Å². The van der Waals surface area contributed by atoms with E-state index in [-0.39, 0.29) is 18.5 Å². The minimum absolute atomic E-state index is 0.215. The molecule has 4 atom stereocenters. The van der Waals surface area contributed by atoms with Crippen molar-refractivity contribution in [2.45, 2.75) is 56.5 Å². The fourth-order valence-electron chi connectivity index (χ4n) is 7.87. The Kier molecular flexibility index (Phi) is 8.35. The number of aliphatic hydroxyl groups excluding tert-OH is 2. The third kappa shape index (κ3) is 5.39. The van der Waals surface area contributed by atoms with Crippen LogP contribution in [0.15, 0.2) is 59.1 Å². The summed E-state index contributed by atoms with van der Waals surface area (Å²) in [5, 5.41) is 45.1. The quantitative estimate of drug-likeness (QED) is 0.280. The zero-order chi connectivity index (χ0) is 35.0. The fourth-order valence-corrected chi connectivity index (χ4v) is 7.87. The molecule has 0 radical (unpaired) electrons. The van der Waals surface area contributed by atoms with Gasteiger partial charge in [0.25, 0.3) is 5.91 Å². The smallest absolute Gasteiger partial charge is 0.417 e. The molecule has 10 nitrogen and oxygen atoms in total. The van der Waals surface area contributed by atoms with Crippen LogP contribution >= 0.6 is 0 Å². The monoisotopic (exact) mass is 657 g/mol. The molecule has 252 valence electrons. The average Bonchev–Trinajstić information content (AvgIpc) is 2.94. The number of aliphatic hydroxyl groups is 3. The van der Waals surface area contributed by atoms with Gasteiger partial charge < -0.3 is 31.1 Å².